The lowest BCUT2D eigenvalue weighted by Crippen LogP contribution is -2.05. The predicted molar refractivity (Wildman–Crippen MR) is 74.0 cm³/mol. The van der Waals surface area contributed by atoms with Crippen LogP contribution in [0.25, 0.3) is 0 Å². The lowest BCUT2D eigenvalue weighted by Gasteiger charge is -2.01. The summed E-state index contributed by atoms with van der Waals surface area (Å²) in [7, 11) is 0. The van der Waals surface area contributed by atoms with Gasteiger partial charge >= 0.3 is 0 Å². The molecule has 6 heteroatoms. The highest BCUT2D eigenvalue weighted by molar-refractivity contribution is 5.89. The van der Waals surface area contributed by atoms with Crippen molar-refractivity contribution in [2.45, 2.75) is 6.92 Å². The largest absolute Gasteiger partial charge is 0.326 e. The number of nitrogens with one attached hydrogen (secondary N) is 2. The second-order valence-corrected chi connectivity index (χ2v) is 3.75. The monoisotopic (exact) mass is 255 g/mol. The second-order valence-electron chi connectivity index (χ2n) is 3.75. The molecule has 0 atom stereocenters. The predicted octanol–water partition coefficient (Wildman–Crippen LogP) is 1.88. The topological polar surface area (TPSA) is 79.3 Å². The Bertz CT molecular complexity index is 565. The molecule has 1 aromatic carbocycles. The van der Waals surface area contributed by atoms with Crippen LogP contribution >= 0.6 is 0 Å². The van der Waals surface area contributed by atoms with Crippen molar-refractivity contribution in [3.05, 3.63) is 48.3 Å². The molecule has 19 heavy (non-hydrogen) atoms. The zero-order valence-corrected chi connectivity index (χ0v) is 10.4. The number of benzene rings is 1. The summed E-state index contributed by atoms with van der Waals surface area (Å²) in [5, 5.41) is 6.71. The van der Waals surface area contributed by atoms with Crippen LogP contribution in [0.2, 0.25) is 0 Å². The molecular formula is C13H13N5O. The average molecular weight is 255 g/mol. The van der Waals surface area contributed by atoms with Crippen LogP contribution in [0, 0.1) is 0 Å². The Morgan fingerprint density at radius 3 is 2.53 bits per heavy atom. The lowest BCUT2D eigenvalue weighted by atomic mass is 10.2. The molecule has 0 aliphatic carbocycles. The van der Waals surface area contributed by atoms with Crippen molar-refractivity contribution in [2.75, 3.05) is 10.7 Å². The van der Waals surface area contributed by atoms with Gasteiger partial charge in [0.2, 0.25) is 11.9 Å². The van der Waals surface area contributed by atoms with E-state index in [0.29, 0.717) is 5.95 Å². The van der Waals surface area contributed by atoms with Gasteiger partial charge in [0.25, 0.3) is 0 Å². The van der Waals surface area contributed by atoms with E-state index in [1.807, 2.05) is 24.3 Å². The third-order valence-corrected chi connectivity index (χ3v) is 2.17. The maximum Gasteiger partial charge on any atom is 0.243 e. The highest BCUT2D eigenvalue weighted by atomic mass is 16.1. The second kappa shape index (κ2) is 6.25. The van der Waals surface area contributed by atoms with Crippen LogP contribution < -0.4 is 10.7 Å². The summed E-state index contributed by atoms with van der Waals surface area (Å²) in [4.78, 5) is 18.8. The number of amides is 1. The summed E-state index contributed by atoms with van der Waals surface area (Å²) in [6.45, 7) is 1.47. The smallest absolute Gasteiger partial charge is 0.243 e. The number of rotatable bonds is 4. The van der Waals surface area contributed by atoms with Gasteiger partial charge in [-0.2, -0.15) is 5.10 Å². The normalized spacial score (nSPS) is 10.4. The van der Waals surface area contributed by atoms with E-state index < -0.39 is 0 Å². The number of carbonyl (C=O) groups is 1. The maximum absolute atomic E-state index is 10.9. The van der Waals surface area contributed by atoms with Crippen LogP contribution in [0.5, 0.6) is 0 Å². The quantitative estimate of drug-likeness (QED) is 0.645. The van der Waals surface area contributed by atoms with Crippen LogP contribution in [-0.4, -0.2) is 22.1 Å². The number of aromatic nitrogens is 2. The molecule has 1 amide bonds. The minimum absolute atomic E-state index is 0.0932. The molecule has 6 nitrogen and oxygen atoms in total. The van der Waals surface area contributed by atoms with Crippen molar-refractivity contribution in [1.82, 2.24) is 9.97 Å². The molecule has 0 aliphatic heterocycles. The number of carbonyl (C=O) groups excluding carboxylic acids is 1. The molecule has 0 spiro atoms. The summed E-state index contributed by atoms with van der Waals surface area (Å²) < 4.78 is 0. The first-order valence-electron chi connectivity index (χ1n) is 5.68. The molecule has 0 saturated carbocycles. The number of hydrogen-bond acceptors (Lipinski definition) is 5. The van der Waals surface area contributed by atoms with Crippen LogP contribution in [0.1, 0.15) is 12.5 Å². The fourth-order valence-corrected chi connectivity index (χ4v) is 1.38. The first-order valence-corrected chi connectivity index (χ1v) is 5.68. The van der Waals surface area contributed by atoms with Crippen molar-refractivity contribution in [2.24, 2.45) is 5.10 Å². The fraction of sp³-hybridized carbons (Fsp3) is 0.0769. The minimum atomic E-state index is -0.0932. The summed E-state index contributed by atoms with van der Waals surface area (Å²) >= 11 is 0. The van der Waals surface area contributed by atoms with Crippen molar-refractivity contribution in [3.63, 3.8) is 0 Å². The molecule has 0 aliphatic rings. The molecule has 2 N–H and O–H groups in total. The van der Waals surface area contributed by atoms with Gasteiger partial charge < -0.3 is 5.32 Å². The van der Waals surface area contributed by atoms with Crippen molar-refractivity contribution < 1.29 is 4.79 Å². The molecule has 2 aromatic rings. The molecule has 0 unspecified atom stereocenters. The third kappa shape index (κ3) is 4.19. The molecular weight excluding hydrogens is 242 g/mol. The van der Waals surface area contributed by atoms with Gasteiger partial charge in [-0.15, -0.1) is 0 Å². The highest BCUT2D eigenvalue weighted by Crippen LogP contribution is 2.08. The van der Waals surface area contributed by atoms with E-state index in [9.17, 15) is 4.79 Å². The summed E-state index contributed by atoms with van der Waals surface area (Å²) in [5.41, 5.74) is 4.37. The fourth-order valence-electron chi connectivity index (χ4n) is 1.38. The summed E-state index contributed by atoms with van der Waals surface area (Å²) in [6.07, 6.45) is 4.91. The number of hydrogen-bond donors (Lipinski definition) is 2. The van der Waals surface area contributed by atoms with E-state index in [1.165, 1.54) is 6.92 Å². The van der Waals surface area contributed by atoms with Gasteiger partial charge in [0.05, 0.1) is 6.21 Å². The van der Waals surface area contributed by atoms with Gasteiger partial charge in [0.1, 0.15) is 0 Å². The van der Waals surface area contributed by atoms with E-state index in [0.717, 1.165) is 11.3 Å². The first-order chi connectivity index (χ1) is 9.24. The molecule has 0 fully saturated rings. The zero-order chi connectivity index (χ0) is 13.5. The average Bonchev–Trinajstić information content (AvgIpc) is 2.41. The Balaban J connectivity index is 1.94. The Hall–Kier alpha value is -2.76. The SMILES string of the molecule is CC(=O)Nc1ccc(/C=N/Nc2ncccn2)cc1. The number of hydrazone groups is 1. The van der Waals surface area contributed by atoms with Crippen LogP contribution in [-0.2, 0) is 4.79 Å². The van der Waals surface area contributed by atoms with Crippen LogP contribution in [0.15, 0.2) is 47.8 Å². The van der Waals surface area contributed by atoms with Gasteiger partial charge in [-0.1, -0.05) is 12.1 Å². The van der Waals surface area contributed by atoms with Gasteiger partial charge in [0, 0.05) is 25.0 Å². The molecule has 1 aromatic heterocycles. The molecule has 0 radical (unpaired) electrons. The highest BCUT2D eigenvalue weighted by Gasteiger charge is 1.95. The Labute approximate surface area is 110 Å². The van der Waals surface area contributed by atoms with E-state index in [1.54, 1.807) is 24.7 Å². The zero-order valence-electron chi connectivity index (χ0n) is 10.4. The van der Waals surface area contributed by atoms with Crippen LogP contribution in [0.4, 0.5) is 11.6 Å². The van der Waals surface area contributed by atoms with Gasteiger partial charge in [-0.25, -0.2) is 15.4 Å². The first kappa shape index (κ1) is 12.7. The number of anilines is 2. The summed E-state index contributed by atoms with van der Waals surface area (Å²) in [5.74, 6) is 0.345. The standard InChI is InChI=1S/C13H13N5O/c1-10(19)17-12-5-3-11(4-6-12)9-16-18-13-14-7-2-8-15-13/h2-9H,1H3,(H,17,19)(H,14,15,18)/b16-9+. The molecule has 1 heterocycles. The van der Waals surface area contributed by atoms with Gasteiger partial charge in [-0.3, -0.25) is 4.79 Å². The van der Waals surface area contributed by atoms with Crippen molar-refractivity contribution in [1.29, 1.82) is 0 Å². The van der Waals surface area contributed by atoms with E-state index >= 15 is 0 Å². The molecule has 96 valence electrons. The Morgan fingerprint density at radius 1 is 1.21 bits per heavy atom. The molecule has 0 bridgehead atoms. The van der Waals surface area contributed by atoms with Gasteiger partial charge in [0.15, 0.2) is 0 Å². The van der Waals surface area contributed by atoms with E-state index in [-0.39, 0.29) is 5.91 Å². The number of nitrogens with zero attached hydrogens (tertiary/aromatic N) is 3. The maximum atomic E-state index is 10.9. The van der Waals surface area contributed by atoms with Crippen molar-refractivity contribution in [3.8, 4) is 0 Å². The minimum Gasteiger partial charge on any atom is -0.326 e. The third-order valence-electron chi connectivity index (χ3n) is 2.17. The van der Waals surface area contributed by atoms with Gasteiger partial charge in [-0.05, 0) is 23.8 Å². The van der Waals surface area contributed by atoms with Crippen LogP contribution in [0.3, 0.4) is 0 Å². The Kier molecular flexibility index (Phi) is 4.17. The van der Waals surface area contributed by atoms with E-state index in [2.05, 4.69) is 25.8 Å². The van der Waals surface area contributed by atoms with Crippen molar-refractivity contribution >= 4 is 23.8 Å². The molecule has 2 rings (SSSR count). The summed E-state index contributed by atoms with van der Waals surface area (Å²) in [6, 6.07) is 9.05. The van der Waals surface area contributed by atoms with E-state index in [4.69, 9.17) is 0 Å². The molecule has 0 saturated heterocycles. The Morgan fingerprint density at radius 2 is 1.89 bits per heavy atom. The lowest BCUT2D eigenvalue weighted by molar-refractivity contribution is -0.114.